The summed E-state index contributed by atoms with van der Waals surface area (Å²) in [6, 6.07) is 14.7. The Morgan fingerprint density at radius 3 is 2.66 bits per heavy atom. The van der Waals surface area contributed by atoms with Crippen LogP contribution in [-0.4, -0.2) is 55.2 Å². The van der Waals surface area contributed by atoms with E-state index in [9.17, 15) is 13.2 Å². The van der Waals surface area contributed by atoms with Gasteiger partial charge >= 0.3 is 0 Å². The predicted molar refractivity (Wildman–Crippen MR) is 125 cm³/mol. The molecule has 2 aliphatic heterocycles. The highest BCUT2D eigenvalue weighted by Gasteiger charge is 2.40. The molecular weight excluding hydrogens is 446 g/mol. The van der Waals surface area contributed by atoms with E-state index in [4.69, 9.17) is 9.72 Å². The minimum absolute atomic E-state index is 0.0754. The first-order valence-corrected chi connectivity index (χ1v) is 13.4. The van der Waals surface area contributed by atoms with Gasteiger partial charge in [0.1, 0.15) is 6.04 Å². The van der Waals surface area contributed by atoms with E-state index in [-0.39, 0.29) is 18.6 Å². The van der Waals surface area contributed by atoms with E-state index in [0.29, 0.717) is 24.7 Å². The van der Waals surface area contributed by atoms with Crippen molar-refractivity contribution < 1.29 is 17.9 Å². The zero-order valence-corrected chi connectivity index (χ0v) is 19.4. The molecule has 0 spiro atoms. The topological polar surface area (TPSA) is 79.8 Å². The number of hydrogen-bond acceptors (Lipinski definition) is 6. The fourth-order valence-electron chi connectivity index (χ4n) is 4.47. The first kappa shape index (κ1) is 21.5. The summed E-state index contributed by atoms with van der Waals surface area (Å²) in [7, 11) is -3.59. The van der Waals surface area contributed by atoms with Gasteiger partial charge in [-0.3, -0.25) is 9.69 Å². The Morgan fingerprint density at radius 1 is 1.19 bits per heavy atom. The summed E-state index contributed by atoms with van der Waals surface area (Å²) in [5.41, 5.74) is 2.77. The van der Waals surface area contributed by atoms with Crippen LogP contribution < -0.4 is 4.90 Å². The van der Waals surface area contributed by atoms with Crippen LogP contribution >= 0.6 is 11.3 Å². The fraction of sp³-hybridized carbons (Fsp3) is 0.391. The summed E-state index contributed by atoms with van der Waals surface area (Å²) in [4.78, 5) is 20.3. The van der Waals surface area contributed by atoms with Crippen molar-refractivity contribution in [3.05, 3.63) is 59.7 Å². The van der Waals surface area contributed by atoms with Crippen molar-refractivity contribution in [2.75, 3.05) is 24.3 Å². The van der Waals surface area contributed by atoms with Crippen LogP contribution in [0.1, 0.15) is 24.0 Å². The van der Waals surface area contributed by atoms with Crippen LogP contribution in [0.2, 0.25) is 0 Å². The van der Waals surface area contributed by atoms with Gasteiger partial charge in [-0.2, -0.15) is 4.31 Å². The second-order valence-corrected chi connectivity index (χ2v) is 11.3. The Kier molecular flexibility index (Phi) is 5.75. The largest absolute Gasteiger partial charge is 0.376 e. The highest BCUT2D eigenvalue weighted by Crippen LogP contribution is 2.33. The number of ether oxygens (including phenoxy) is 1. The molecule has 9 heteroatoms. The molecule has 0 N–H and O–H groups in total. The number of amides is 1. The van der Waals surface area contributed by atoms with Crippen LogP contribution in [0.25, 0.3) is 10.2 Å². The molecule has 3 aromatic rings. The van der Waals surface area contributed by atoms with Gasteiger partial charge in [0.2, 0.25) is 15.9 Å². The molecule has 32 heavy (non-hydrogen) atoms. The Balaban J connectivity index is 1.54. The van der Waals surface area contributed by atoms with E-state index in [1.165, 1.54) is 21.9 Å². The third-order valence-electron chi connectivity index (χ3n) is 6.11. The van der Waals surface area contributed by atoms with Crippen molar-refractivity contribution >= 4 is 42.6 Å². The molecule has 2 aliphatic rings. The van der Waals surface area contributed by atoms with Gasteiger partial charge in [-0.1, -0.05) is 47.7 Å². The Labute approximate surface area is 191 Å². The van der Waals surface area contributed by atoms with Crippen molar-refractivity contribution in [2.24, 2.45) is 0 Å². The van der Waals surface area contributed by atoms with Crippen LogP contribution in [0.3, 0.4) is 0 Å². The molecule has 0 unspecified atom stereocenters. The molecule has 2 atom stereocenters. The number of benzene rings is 2. The molecule has 1 aromatic heterocycles. The number of rotatable bonds is 5. The number of fused-ring (bicyclic) bond motifs is 2. The lowest BCUT2D eigenvalue weighted by molar-refractivity contribution is -0.123. The number of sulfonamides is 1. The smallest absolute Gasteiger partial charge is 0.247 e. The van der Waals surface area contributed by atoms with E-state index >= 15 is 0 Å². The van der Waals surface area contributed by atoms with Gasteiger partial charge in [0, 0.05) is 13.2 Å². The molecule has 1 fully saturated rings. The minimum Gasteiger partial charge on any atom is -0.376 e. The van der Waals surface area contributed by atoms with Crippen LogP contribution in [0, 0.1) is 0 Å². The number of anilines is 1. The van der Waals surface area contributed by atoms with Gasteiger partial charge in [-0.25, -0.2) is 13.4 Å². The van der Waals surface area contributed by atoms with Crippen molar-refractivity contribution in [1.29, 1.82) is 0 Å². The number of carbonyl (C=O) groups excluding carboxylic acids is 1. The molecule has 7 nitrogen and oxygen atoms in total. The predicted octanol–water partition coefficient (Wildman–Crippen LogP) is 3.19. The third-order valence-corrected chi connectivity index (χ3v) is 8.40. The van der Waals surface area contributed by atoms with Crippen molar-refractivity contribution in [3.63, 3.8) is 0 Å². The number of carbonyl (C=O) groups is 1. The van der Waals surface area contributed by atoms with E-state index in [1.807, 2.05) is 48.5 Å². The minimum atomic E-state index is -3.59. The Morgan fingerprint density at radius 2 is 1.94 bits per heavy atom. The lowest BCUT2D eigenvalue weighted by Crippen LogP contribution is -2.54. The summed E-state index contributed by atoms with van der Waals surface area (Å²) < 4.78 is 33.5. The second-order valence-electron chi connectivity index (χ2n) is 8.34. The fourth-order valence-corrected chi connectivity index (χ4v) is 6.45. The van der Waals surface area contributed by atoms with Gasteiger partial charge in [-0.05, 0) is 42.5 Å². The monoisotopic (exact) mass is 471 g/mol. The third kappa shape index (κ3) is 4.17. The average molecular weight is 472 g/mol. The Bertz CT molecular complexity index is 1220. The first-order valence-electron chi connectivity index (χ1n) is 10.7. The summed E-state index contributed by atoms with van der Waals surface area (Å²) in [6.07, 6.45) is 3.27. The molecule has 1 saturated heterocycles. The highest BCUT2D eigenvalue weighted by atomic mass is 32.2. The molecule has 5 rings (SSSR count). The van der Waals surface area contributed by atoms with Gasteiger partial charge in [0.25, 0.3) is 0 Å². The number of hydrogen-bond donors (Lipinski definition) is 0. The van der Waals surface area contributed by atoms with Gasteiger partial charge in [0.05, 0.1) is 29.1 Å². The van der Waals surface area contributed by atoms with Crippen LogP contribution in [0.4, 0.5) is 5.13 Å². The molecule has 0 bridgehead atoms. The molecule has 1 amide bonds. The van der Waals surface area contributed by atoms with E-state index in [1.54, 1.807) is 4.90 Å². The summed E-state index contributed by atoms with van der Waals surface area (Å²) in [5.74, 6) is -0.250. The molecule has 0 saturated carbocycles. The molecular formula is C23H25N3O4S2. The quantitative estimate of drug-likeness (QED) is 0.571. The second kappa shape index (κ2) is 8.55. The van der Waals surface area contributed by atoms with Crippen LogP contribution in [0.5, 0.6) is 0 Å². The SMILES string of the molecule is CS(=O)(=O)N1Cc2ccccc2C[C@H]1C(=O)N(C[C@H]1CCCO1)c1nc2ccccc2s1. The lowest BCUT2D eigenvalue weighted by atomic mass is 9.95. The summed E-state index contributed by atoms with van der Waals surface area (Å²) in [5, 5.41) is 0.582. The van der Waals surface area contributed by atoms with Crippen LogP contribution in [-0.2, 0) is 32.5 Å². The lowest BCUT2D eigenvalue weighted by Gasteiger charge is -2.37. The number of para-hydroxylation sites is 1. The maximum absolute atomic E-state index is 14.0. The normalized spacial score (nSPS) is 21.5. The van der Waals surface area contributed by atoms with Gasteiger partial charge in [0.15, 0.2) is 5.13 Å². The number of aromatic nitrogens is 1. The van der Waals surface area contributed by atoms with Crippen molar-refractivity contribution in [1.82, 2.24) is 9.29 Å². The Hall–Kier alpha value is -2.33. The summed E-state index contributed by atoms with van der Waals surface area (Å²) in [6.45, 7) is 1.24. The summed E-state index contributed by atoms with van der Waals surface area (Å²) >= 11 is 1.45. The molecule has 0 radical (unpaired) electrons. The van der Waals surface area contributed by atoms with E-state index < -0.39 is 16.1 Å². The van der Waals surface area contributed by atoms with E-state index in [2.05, 4.69) is 0 Å². The molecule has 3 heterocycles. The van der Waals surface area contributed by atoms with Gasteiger partial charge in [-0.15, -0.1) is 0 Å². The molecule has 0 aliphatic carbocycles. The zero-order valence-electron chi connectivity index (χ0n) is 17.8. The number of nitrogens with zero attached hydrogens (tertiary/aromatic N) is 3. The highest BCUT2D eigenvalue weighted by molar-refractivity contribution is 7.88. The van der Waals surface area contributed by atoms with Crippen LogP contribution in [0.15, 0.2) is 48.5 Å². The van der Waals surface area contributed by atoms with Gasteiger partial charge < -0.3 is 4.74 Å². The van der Waals surface area contributed by atoms with E-state index in [0.717, 1.165) is 34.2 Å². The zero-order chi connectivity index (χ0) is 22.3. The molecule has 2 aromatic carbocycles. The van der Waals surface area contributed by atoms with Crippen molar-refractivity contribution in [3.8, 4) is 0 Å². The maximum Gasteiger partial charge on any atom is 0.247 e. The standard InChI is InChI=1S/C23H25N3O4S2/c1-32(28,29)26-14-17-8-3-2-7-16(17)13-20(26)22(27)25(15-18-9-6-12-30-18)23-24-19-10-4-5-11-21(19)31-23/h2-5,7-8,10-11,18,20H,6,9,12-15H2,1H3/t18-,20+/m1/s1. The maximum atomic E-state index is 14.0. The number of thiazole rings is 1. The first-order chi connectivity index (χ1) is 15.4. The van der Waals surface area contributed by atoms with Crippen molar-refractivity contribution in [2.45, 2.75) is 38.0 Å². The molecule has 168 valence electrons. The average Bonchev–Trinajstić information content (AvgIpc) is 3.45.